The fourth-order valence-corrected chi connectivity index (χ4v) is 2.79. The lowest BCUT2D eigenvalue weighted by Gasteiger charge is -2.35. The minimum absolute atomic E-state index is 0.319. The number of nitrogens with one attached hydrogen (secondary N) is 1. The van der Waals surface area contributed by atoms with Crippen LogP contribution >= 0.6 is 0 Å². The van der Waals surface area contributed by atoms with Gasteiger partial charge in [-0.1, -0.05) is 0 Å². The van der Waals surface area contributed by atoms with Gasteiger partial charge in [-0.05, 0) is 44.9 Å². The number of carbonyl (C=O) groups is 1. The fourth-order valence-electron chi connectivity index (χ4n) is 2.79. The van der Waals surface area contributed by atoms with Gasteiger partial charge in [-0.2, -0.15) is 0 Å². The topological polar surface area (TPSA) is 54.5 Å². The molecule has 0 saturated heterocycles. The molecule has 0 aromatic carbocycles. The van der Waals surface area contributed by atoms with E-state index >= 15 is 0 Å². The van der Waals surface area contributed by atoms with Gasteiger partial charge in [-0.25, -0.2) is 9.78 Å². The average molecular weight is 277 g/mol. The quantitative estimate of drug-likeness (QED) is 0.851. The summed E-state index contributed by atoms with van der Waals surface area (Å²) in [5, 5.41) is 3.34. The Kier molecular flexibility index (Phi) is 4.95. The molecule has 0 aliphatic heterocycles. The second kappa shape index (κ2) is 6.70. The number of esters is 1. The zero-order chi connectivity index (χ0) is 14.5. The first-order valence-electron chi connectivity index (χ1n) is 7.10. The Morgan fingerprint density at radius 3 is 2.70 bits per heavy atom. The van der Waals surface area contributed by atoms with Gasteiger partial charge in [0.25, 0.3) is 0 Å². The van der Waals surface area contributed by atoms with Crippen LogP contribution < -0.4 is 10.2 Å². The molecule has 1 aliphatic rings. The molecule has 20 heavy (non-hydrogen) atoms. The number of aromatic nitrogens is 1. The van der Waals surface area contributed by atoms with Crippen molar-refractivity contribution in [2.24, 2.45) is 0 Å². The molecule has 1 aliphatic carbocycles. The summed E-state index contributed by atoms with van der Waals surface area (Å²) in [5.74, 6) is 0.516. The summed E-state index contributed by atoms with van der Waals surface area (Å²) in [6.07, 6.45) is 6.32. The molecule has 1 N–H and O–H groups in total. The zero-order valence-electron chi connectivity index (χ0n) is 12.4. The molecule has 1 fully saturated rings. The summed E-state index contributed by atoms with van der Waals surface area (Å²) in [5.41, 5.74) is 0.549. The number of nitrogens with zero attached hydrogens (tertiary/aromatic N) is 2. The van der Waals surface area contributed by atoms with Gasteiger partial charge in [-0.3, -0.25) is 0 Å². The number of hydrogen-bond donors (Lipinski definition) is 1. The molecule has 110 valence electrons. The summed E-state index contributed by atoms with van der Waals surface area (Å²) in [4.78, 5) is 18.1. The van der Waals surface area contributed by atoms with Crippen LogP contribution in [-0.2, 0) is 4.74 Å². The predicted molar refractivity (Wildman–Crippen MR) is 79.1 cm³/mol. The number of pyridine rings is 1. The highest BCUT2D eigenvalue weighted by Crippen LogP contribution is 2.25. The van der Waals surface area contributed by atoms with Gasteiger partial charge >= 0.3 is 5.97 Å². The fraction of sp³-hybridized carbons (Fsp3) is 0.600. The van der Waals surface area contributed by atoms with Crippen molar-refractivity contribution in [1.29, 1.82) is 0 Å². The highest BCUT2D eigenvalue weighted by Gasteiger charge is 2.24. The van der Waals surface area contributed by atoms with Gasteiger partial charge in [0, 0.05) is 25.3 Å². The molecule has 5 heteroatoms. The number of hydrogen-bond acceptors (Lipinski definition) is 5. The van der Waals surface area contributed by atoms with Crippen LogP contribution in [0.4, 0.5) is 5.82 Å². The lowest BCUT2D eigenvalue weighted by Crippen LogP contribution is -2.40. The van der Waals surface area contributed by atoms with E-state index in [1.807, 2.05) is 14.1 Å². The van der Waals surface area contributed by atoms with Gasteiger partial charge in [0.2, 0.25) is 0 Å². The van der Waals surface area contributed by atoms with Crippen molar-refractivity contribution in [3.8, 4) is 0 Å². The van der Waals surface area contributed by atoms with Crippen molar-refractivity contribution in [3.63, 3.8) is 0 Å². The summed E-state index contributed by atoms with van der Waals surface area (Å²) < 4.78 is 4.75. The first kappa shape index (κ1) is 14.8. The van der Waals surface area contributed by atoms with Gasteiger partial charge in [-0.15, -0.1) is 0 Å². The van der Waals surface area contributed by atoms with Crippen molar-refractivity contribution in [2.45, 2.75) is 37.8 Å². The van der Waals surface area contributed by atoms with E-state index in [4.69, 9.17) is 4.74 Å². The van der Waals surface area contributed by atoms with Crippen LogP contribution in [0.2, 0.25) is 0 Å². The molecule has 1 saturated carbocycles. The van der Waals surface area contributed by atoms with Gasteiger partial charge in [0.15, 0.2) is 0 Å². The van der Waals surface area contributed by atoms with Crippen molar-refractivity contribution in [1.82, 2.24) is 10.3 Å². The molecule has 1 aromatic rings. The van der Waals surface area contributed by atoms with Crippen molar-refractivity contribution < 1.29 is 9.53 Å². The third kappa shape index (κ3) is 3.28. The number of ether oxygens (including phenoxy) is 1. The highest BCUT2D eigenvalue weighted by atomic mass is 16.5. The van der Waals surface area contributed by atoms with Crippen LogP contribution in [0.5, 0.6) is 0 Å². The van der Waals surface area contributed by atoms with E-state index in [-0.39, 0.29) is 5.97 Å². The summed E-state index contributed by atoms with van der Waals surface area (Å²) in [7, 11) is 5.47. The summed E-state index contributed by atoms with van der Waals surface area (Å²) in [6, 6.07) is 4.60. The Balaban J connectivity index is 2.05. The van der Waals surface area contributed by atoms with Crippen molar-refractivity contribution >= 4 is 11.8 Å². The Hall–Kier alpha value is -1.62. The number of anilines is 1. The maximum Gasteiger partial charge on any atom is 0.338 e. The Morgan fingerprint density at radius 2 is 2.10 bits per heavy atom. The molecule has 0 spiro atoms. The van der Waals surface area contributed by atoms with E-state index < -0.39 is 0 Å². The first-order chi connectivity index (χ1) is 9.65. The van der Waals surface area contributed by atoms with Crippen LogP contribution in [0, 0.1) is 0 Å². The molecular weight excluding hydrogens is 254 g/mol. The second-order valence-electron chi connectivity index (χ2n) is 5.30. The van der Waals surface area contributed by atoms with Crippen LogP contribution in [0.1, 0.15) is 36.0 Å². The molecule has 1 heterocycles. The Bertz CT molecular complexity index is 456. The van der Waals surface area contributed by atoms with Gasteiger partial charge in [0.05, 0.1) is 12.7 Å². The molecule has 1 aromatic heterocycles. The normalized spacial score (nSPS) is 22.4. The van der Waals surface area contributed by atoms with E-state index in [1.165, 1.54) is 20.0 Å². The molecule has 0 unspecified atom stereocenters. The van der Waals surface area contributed by atoms with Gasteiger partial charge in [0.1, 0.15) is 5.82 Å². The molecule has 0 atom stereocenters. The van der Waals surface area contributed by atoms with Crippen molar-refractivity contribution in [3.05, 3.63) is 23.9 Å². The van der Waals surface area contributed by atoms with Crippen molar-refractivity contribution in [2.75, 3.05) is 26.1 Å². The van der Waals surface area contributed by atoms with Crippen LogP contribution in [0.3, 0.4) is 0 Å². The standard InChI is InChI=1S/C15H23N3O2/c1-16-12-4-6-13(7-5-12)18(2)14-10-11(8-9-17-14)15(19)20-3/h8-10,12-13,16H,4-7H2,1-3H3. The summed E-state index contributed by atoms with van der Waals surface area (Å²) >= 11 is 0. The van der Waals surface area contributed by atoms with E-state index in [0.29, 0.717) is 17.6 Å². The Morgan fingerprint density at radius 1 is 1.40 bits per heavy atom. The zero-order valence-corrected chi connectivity index (χ0v) is 12.4. The lowest BCUT2D eigenvalue weighted by molar-refractivity contribution is 0.0600. The molecule has 0 radical (unpaired) electrons. The Labute approximate surface area is 120 Å². The highest BCUT2D eigenvalue weighted by molar-refractivity contribution is 5.90. The van der Waals surface area contributed by atoms with Crippen LogP contribution in [0.25, 0.3) is 0 Å². The number of carbonyl (C=O) groups excluding carboxylic acids is 1. The minimum Gasteiger partial charge on any atom is -0.465 e. The van der Waals surface area contributed by atoms with E-state index in [1.54, 1.807) is 18.3 Å². The van der Waals surface area contributed by atoms with E-state index in [9.17, 15) is 4.79 Å². The molecule has 2 rings (SSSR count). The number of rotatable bonds is 4. The largest absolute Gasteiger partial charge is 0.465 e. The molecule has 5 nitrogen and oxygen atoms in total. The lowest BCUT2D eigenvalue weighted by atomic mass is 9.90. The third-order valence-electron chi connectivity index (χ3n) is 4.18. The third-order valence-corrected chi connectivity index (χ3v) is 4.18. The second-order valence-corrected chi connectivity index (χ2v) is 5.30. The van der Waals surface area contributed by atoms with E-state index in [0.717, 1.165) is 18.7 Å². The van der Waals surface area contributed by atoms with Gasteiger partial charge < -0.3 is 15.0 Å². The summed E-state index contributed by atoms with van der Waals surface area (Å²) in [6.45, 7) is 0. The SMILES string of the molecule is CNC1CCC(N(C)c2cc(C(=O)OC)ccn2)CC1. The predicted octanol–water partition coefficient (Wildman–Crippen LogP) is 1.83. The van der Waals surface area contributed by atoms with E-state index in [2.05, 4.69) is 15.2 Å². The van der Waals surface area contributed by atoms with Crippen LogP contribution in [-0.4, -0.2) is 44.2 Å². The molecular formula is C15H23N3O2. The number of methoxy groups -OCH3 is 1. The smallest absolute Gasteiger partial charge is 0.338 e. The van der Waals surface area contributed by atoms with Crippen LogP contribution in [0.15, 0.2) is 18.3 Å². The maximum atomic E-state index is 11.6. The maximum absolute atomic E-state index is 11.6. The minimum atomic E-state index is -0.319. The average Bonchev–Trinajstić information content (AvgIpc) is 2.53. The molecule has 0 amide bonds. The monoisotopic (exact) mass is 277 g/mol. The first-order valence-corrected chi connectivity index (χ1v) is 7.10. The molecule has 0 bridgehead atoms.